The first kappa shape index (κ1) is 13.0. The number of aliphatic hydroxyl groups excluding tert-OH is 1. The lowest BCUT2D eigenvalue weighted by molar-refractivity contribution is 0.0690. The Bertz CT molecular complexity index is 568. The van der Waals surface area contributed by atoms with E-state index in [1.807, 2.05) is 12.1 Å². The molecule has 0 aliphatic carbocycles. The average molecular weight is 263 g/mol. The van der Waals surface area contributed by atoms with E-state index in [9.17, 15) is 4.79 Å². The third-order valence-electron chi connectivity index (χ3n) is 2.48. The summed E-state index contributed by atoms with van der Waals surface area (Å²) in [6.45, 7) is 0.585. The molecule has 0 bridgehead atoms. The van der Waals surface area contributed by atoms with Gasteiger partial charge in [0, 0.05) is 5.56 Å². The second-order valence-corrected chi connectivity index (χ2v) is 3.79. The lowest BCUT2D eigenvalue weighted by Crippen LogP contribution is -2.09. The largest absolute Gasteiger partial charge is 0.491 e. The molecule has 0 saturated carbocycles. The monoisotopic (exact) mass is 263 g/mol. The zero-order valence-corrected chi connectivity index (χ0v) is 10.1. The number of carboxylic acids is 1. The van der Waals surface area contributed by atoms with Crippen molar-refractivity contribution in [2.24, 2.45) is 0 Å². The van der Waals surface area contributed by atoms with E-state index < -0.39 is 5.97 Å². The number of rotatable bonds is 6. The molecule has 0 aliphatic rings. The number of nitrogens with zero attached hydrogens (tertiary/aromatic N) is 3. The molecule has 7 nitrogen and oxygen atoms in total. The number of hydrogen-bond acceptors (Lipinski definition) is 5. The van der Waals surface area contributed by atoms with Crippen molar-refractivity contribution in [2.45, 2.75) is 13.2 Å². The van der Waals surface area contributed by atoms with Gasteiger partial charge in [0.1, 0.15) is 12.4 Å². The number of carbonyl (C=O) groups is 1. The minimum Gasteiger partial charge on any atom is -0.491 e. The van der Waals surface area contributed by atoms with Crippen LogP contribution in [-0.2, 0) is 13.2 Å². The molecule has 100 valence electrons. The molecular weight excluding hydrogens is 250 g/mol. The quantitative estimate of drug-likeness (QED) is 0.789. The number of aliphatic hydroxyl groups is 1. The minimum atomic E-state index is -1.11. The van der Waals surface area contributed by atoms with Crippen LogP contribution >= 0.6 is 0 Å². The molecule has 0 fully saturated rings. The highest BCUT2D eigenvalue weighted by Crippen LogP contribution is 2.17. The molecule has 0 radical (unpaired) electrons. The van der Waals surface area contributed by atoms with Crippen LogP contribution in [0.3, 0.4) is 0 Å². The van der Waals surface area contributed by atoms with Gasteiger partial charge in [-0.05, 0) is 6.07 Å². The van der Waals surface area contributed by atoms with Crippen molar-refractivity contribution < 1.29 is 19.7 Å². The van der Waals surface area contributed by atoms with E-state index >= 15 is 0 Å². The van der Waals surface area contributed by atoms with Gasteiger partial charge in [0.25, 0.3) is 0 Å². The van der Waals surface area contributed by atoms with Gasteiger partial charge in [-0.15, -0.1) is 5.10 Å². The average Bonchev–Trinajstić information content (AvgIpc) is 2.88. The molecule has 2 aromatic rings. The normalized spacial score (nSPS) is 10.4. The molecule has 19 heavy (non-hydrogen) atoms. The lowest BCUT2D eigenvalue weighted by atomic mass is 10.2. The third-order valence-corrected chi connectivity index (χ3v) is 2.48. The van der Waals surface area contributed by atoms with Crippen LogP contribution in [-0.4, -0.2) is 37.8 Å². The Labute approximate surface area is 109 Å². The highest BCUT2D eigenvalue weighted by atomic mass is 16.5. The Morgan fingerprint density at radius 3 is 2.84 bits per heavy atom. The maximum absolute atomic E-state index is 10.6. The second kappa shape index (κ2) is 5.96. The van der Waals surface area contributed by atoms with E-state index in [2.05, 4.69) is 10.3 Å². The molecule has 0 amide bonds. The summed E-state index contributed by atoms with van der Waals surface area (Å²) in [7, 11) is 0. The summed E-state index contributed by atoms with van der Waals surface area (Å²) in [5, 5.41) is 25.0. The van der Waals surface area contributed by atoms with Gasteiger partial charge < -0.3 is 14.9 Å². The minimum absolute atomic E-state index is 0.0946. The number of carboxylic acid groups (broad SMARTS) is 1. The molecule has 2 N–H and O–H groups in total. The van der Waals surface area contributed by atoms with Crippen molar-refractivity contribution in [1.29, 1.82) is 0 Å². The molecule has 1 heterocycles. The molecular formula is C12H13N3O4. The van der Waals surface area contributed by atoms with Crippen molar-refractivity contribution >= 4 is 5.97 Å². The van der Waals surface area contributed by atoms with Crippen molar-refractivity contribution in [3.05, 3.63) is 41.7 Å². The predicted octanol–water partition coefficient (Wildman–Crippen LogP) is 0.548. The SMILES string of the molecule is O=C(O)c1cn(CCOc2ccccc2CO)nn1. The van der Waals surface area contributed by atoms with E-state index in [1.165, 1.54) is 10.9 Å². The predicted molar refractivity (Wildman–Crippen MR) is 64.8 cm³/mol. The van der Waals surface area contributed by atoms with E-state index in [4.69, 9.17) is 14.9 Å². The molecule has 1 aromatic heterocycles. The van der Waals surface area contributed by atoms with Crippen LogP contribution < -0.4 is 4.74 Å². The number of benzene rings is 1. The summed E-state index contributed by atoms with van der Waals surface area (Å²) in [4.78, 5) is 10.6. The van der Waals surface area contributed by atoms with Gasteiger partial charge in [-0.1, -0.05) is 23.4 Å². The Hall–Kier alpha value is -2.41. The van der Waals surface area contributed by atoms with E-state index in [0.29, 0.717) is 24.5 Å². The van der Waals surface area contributed by atoms with Gasteiger partial charge >= 0.3 is 5.97 Å². The lowest BCUT2D eigenvalue weighted by Gasteiger charge is -2.09. The summed E-state index contributed by atoms with van der Waals surface area (Å²) in [5.74, 6) is -0.513. The summed E-state index contributed by atoms with van der Waals surface area (Å²) < 4.78 is 6.90. The zero-order chi connectivity index (χ0) is 13.7. The fourth-order valence-electron chi connectivity index (χ4n) is 1.53. The van der Waals surface area contributed by atoms with E-state index in [1.54, 1.807) is 12.1 Å². The fraction of sp³-hybridized carbons (Fsp3) is 0.250. The highest BCUT2D eigenvalue weighted by molar-refractivity contribution is 5.84. The highest BCUT2D eigenvalue weighted by Gasteiger charge is 2.08. The molecule has 1 aromatic carbocycles. The van der Waals surface area contributed by atoms with Crippen molar-refractivity contribution in [1.82, 2.24) is 15.0 Å². The van der Waals surface area contributed by atoms with Crippen LogP contribution in [0.4, 0.5) is 0 Å². The Morgan fingerprint density at radius 2 is 2.16 bits per heavy atom. The zero-order valence-electron chi connectivity index (χ0n) is 10.1. The van der Waals surface area contributed by atoms with Crippen molar-refractivity contribution in [2.75, 3.05) is 6.61 Å². The van der Waals surface area contributed by atoms with Crippen LogP contribution in [0.5, 0.6) is 5.75 Å². The van der Waals surface area contributed by atoms with Crippen molar-refractivity contribution in [3.8, 4) is 5.75 Å². The van der Waals surface area contributed by atoms with Gasteiger partial charge in [0.2, 0.25) is 0 Å². The number of aromatic nitrogens is 3. The maximum atomic E-state index is 10.6. The molecule has 7 heteroatoms. The summed E-state index contributed by atoms with van der Waals surface area (Å²) in [6, 6.07) is 7.16. The first-order chi connectivity index (χ1) is 9.20. The van der Waals surface area contributed by atoms with Crippen LogP contribution in [0, 0.1) is 0 Å². The number of aromatic carboxylic acids is 1. The molecule has 0 saturated heterocycles. The van der Waals surface area contributed by atoms with E-state index in [-0.39, 0.29) is 12.3 Å². The molecule has 0 unspecified atom stereocenters. The smallest absolute Gasteiger partial charge is 0.358 e. The van der Waals surface area contributed by atoms with Crippen LogP contribution in [0.25, 0.3) is 0 Å². The Morgan fingerprint density at radius 1 is 1.37 bits per heavy atom. The maximum Gasteiger partial charge on any atom is 0.358 e. The van der Waals surface area contributed by atoms with Crippen LogP contribution in [0.15, 0.2) is 30.5 Å². The fourth-order valence-corrected chi connectivity index (χ4v) is 1.53. The third kappa shape index (κ3) is 3.29. The summed E-state index contributed by atoms with van der Waals surface area (Å²) in [6.07, 6.45) is 1.34. The number of para-hydroxylation sites is 1. The van der Waals surface area contributed by atoms with Crippen LogP contribution in [0.2, 0.25) is 0 Å². The van der Waals surface area contributed by atoms with Crippen LogP contribution in [0.1, 0.15) is 16.1 Å². The summed E-state index contributed by atoms with van der Waals surface area (Å²) in [5.41, 5.74) is 0.600. The second-order valence-electron chi connectivity index (χ2n) is 3.79. The Balaban J connectivity index is 1.90. The number of ether oxygens (including phenoxy) is 1. The molecule has 0 spiro atoms. The van der Waals surface area contributed by atoms with Crippen molar-refractivity contribution in [3.63, 3.8) is 0 Å². The van der Waals surface area contributed by atoms with Gasteiger partial charge in [0.15, 0.2) is 5.69 Å². The molecule has 0 aliphatic heterocycles. The molecule has 2 rings (SSSR count). The van der Waals surface area contributed by atoms with E-state index in [0.717, 1.165) is 0 Å². The standard InChI is InChI=1S/C12H13N3O4/c16-8-9-3-1-2-4-11(9)19-6-5-15-7-10(12(17)18)13-14-15/h1-4,7,16H,5-6,8H2,(H,17,18). The van der Waals surface area contributed by atoms with Gasteiger partial charge in [-0.25, -0.2) is 9.48 Å². The first-order valence-corrected chi connectivity index (χ1v) is 5.65. The molecule has 0 atom stereocenters. The van der Waals surface area contributed by atoms with Gasteiger partial charge in [0.05, 0.1) is 19.3 Å². The van der Waals surface area contributed by atoms with Gasteiger partial charge in [-0.3, -0.25) is 0 Å². The number of hydrogen-bond donors (Lipinski definition) is 2. The Kier molecular flexibility index (Phi) is 4.09. The summed E-state index contributed by atoms with van der Waals surface area (Å²) >= 11 is 0. The first-order valence-electron chi connectivity index (χ1n) is 5.65. The van der Waals surface area contributed by atoms with Gasteiger partial charge in [-0.2, -0.15) is 0 Å². The topological polar surface area (TPSA) is 97.5 Å².